The molecule has 5 rings (SSSR count). The third-order valence-corrected chi connectivity index (χ3v) is 13.1. The van der Waals surface area contributed by atoms with Crippen molar-refractivity contribution in [3.05, 3.63) is 152 Å². The summed E-state index contributed by atoms with van der Waals surface area (Å²) < 4.78 is 18.6. The van der Waals surface area contributed by atoms with E-state index in [9.17, 15) is 0 Å². The first-order chi connectivity index (χ1) is 33.2. The molecule has 0 saturated heterocycles. The molecule has 0 aliphatic rings. The Balaban J connectivity index is 1.35. The number of benzene rings is 5. The maximum atomic E-state index is 6.66. The van der Waals surface area contributed by atoms with Crippen LogP contribution in [-0.2, 0) is 0 Å². The second-order valence-electron chi connectivity index (χ2n) is 18.7. The molecule has 0 atom stereocenters. The van der Waals surface area contributed by atoms with Gasteiger partial charge in [0.15, 0.2) is 0 Å². The number of nitrogens with zero attached hydrogens (tertiary/aromatic N) is 1. The predicted octanol–water partition coefficient (Wildman–Crippen LogP) is 18.3. The van der Waals surface area contributed by atoms with E-state index in [0.717, 1.165) is 70.1 Å². The Labute approximate surface area is 412 Å². The molecule has 0 aromatic heterocycles. The number of aryl methyl sites for hydroxylation is 4. The van der Waals surface area contributed by atoms with Gasteiger partial charge in [0, 0.05) is 35.5 Å². The fourth-order valence-electron chi connectivity index (χ4n) is 8.63. The highest BCUT2D eigenvalue weighted by molar-refractivity contribution is 5.82. The summed E-state index contributed by atoms with van der Waals surface area (Å²) in [5.74, 6) is 2.60. The average Bonchev–Trinajstić information content (AvgIpc) is 3.35. The highest BCUT2D eigenvalue weighted by Crippen LogP contribution is 2.32. The lowest BCUT2D eigenvalue weighted by Gasteiger charge is -2.24. The molecule has 0 amide bonds. The third kappa shape index (κ3) is 17.1. The van der Waals surface area contributed by atoms with Crippen LogP contribution in [0.5, 0.6) is 17.2 Å². The van der Waals surface area contributed by atoms with Gasteiger partial charge in [0.05, 0.1) is 20.8 Å². The van der Waals surface area contributed by atoms with Gasteiger partial charge < -0.3 is 19.1 Å². The van der Waals surface area contributed by atoms with E-state index in [4.69, 9.17) is 14.2 Å². The Hall–Kier alpha value is -5.74. The van der Waals surface area contributed by atoms with Crippen LogP contribution < -0.4 is 19.1 Å². The monoisotopic (exact) mass is 914 g/mol. The summed E-state index contributed by atoms with van der Waals surface area (Å²) in [5, 5.41) is 0. The van der Waals surface area contributed by atoms with E-state index >= 15 is 0 Å². The minimum Gasteiger partial charge on any atom is -0.496 e. The van der Waals surface area contributed by atoms with Gasteiger partial charge in [-0.3, -0.25) is 0 Å². The van der Waals surface area contributed by atoms with Crippen molar-refractivity contribution in [1.82, 2.24) is 0 Å². The van der Waals surface area contributed by atoms with E-state index < -0.39 is 0 Å². The van der Waals surface area contributed by atoms with Crippen molar-refractivity contribution in [1.29, 1.82) is 0 Å². The number of methoxy groups -OCH3 is 2. The summed E-state index contributed by atoms with van der Waals surface area (Å²) in [6.45, 7) is 18.4. The number of rotatable bonds is 29. The van der Waals surface area contributed by atoms with Crippen LogP contribution in [0, 0.1) is 27.7 Å². The minimum atomic E-state index is 0.695. The number of ether oxygens (including phenoxy) is 3. The van der Waals surface area contributed by atoms with Crippen LogP contribution in [0.4, 0.5) is 5.69 Å². The maximum Gasteiger partial charge on any atom is 0.127 e. The van der Waals surface area contributed by atoms with Crippen molar-refractivity contribution >= 4 is 54.3 Å². The average molecular weight is 914 g/mol. The van der Waals surface area contributed by atoms with Gasteiger partial charge in [0.2, 0.25) is 0 Å². The topological polar surface area (TPSA) is 30.9 Å². The van der Waals surface area contributed by atoms with Crippen LogP contribution in [0.2, 0.25) is 0 Å². The zero-order chi connectivity index (χ0) is 48.5. The van der Waals surface area contributed by atoms with Crippen molar-refractivity contribution in [2.24, 2.45) is 0 Å². The van der Waals surface area contributed by atoms with Gasteiger partial charge in [0.25, 0.3) is 0 Å². The molecule has 362 valence electrons. The highest BCUT2D eigenvalue weighted by Gasteiger charge is 2.11. The molecule has 4 nitrogen and oxygen atoms in total. The van der Waals surface area contributed by atoms with Gasteiger partial charge in [-0.2, -0.15) is 0 Å². The Kier molecular flexibility index (Phi) is 22.9. The molecule has 4 heteroatoms. The summed E-state index contributed by atoms with van der Waals surface area (Å²) in [6.07, 6.45) is 35.3. The number of anilines is 1. The van der Waals surface area contributed by atoms with Crippen molar-refractivity contribution in [2.75, 3.05) is 38.8 Å². The minimum absolute atomic E-state index is 0.695. The fraction of sp³-hybridized carbons (Fsp3) is 0.406. The molecule has 0 aliphatic carbocycles. The van der Waals surface area contributed by atoms with Crippen molar-refractivity contribution < 1.29 is 14.2 Å². The zero-order valence-corrected chi connectivity index (χ0v) is 43.4. The summed E-state index contributed by atoms with van der Waals surface area (Å²) >= 11 is 0. The van der Waals surface area contributed by atoms with Crippen molar-refractivity contribution in [3.63, 3.8) is 0 Å². The fourth-order valence-corrected chi connectivity index (χ4v) is 8.63. The van der Waals surface area contributed by atoms with E-state index in [-0.39, 0.29) is 0 Å². The molecule has 5 aromatic carbocycles. The van der Waals surface area contributed by atoms with Crippen LogP contribution in [0.3, 0.4) is 0 Å². The van der Waals surface area contributed by atoms with Gasteiger partial charge in [-0.1, -0.05) is 182 Å². The molecule has 0 N–H and O–H groups in total. The Morgan fingerprint density at radius 2 is 0.750 bits per heavy atom. The lowest BCUT2D eigenvalue weighted by atomic mass is 9.98. The van der Waals surface area contributed by atoms with Gasteiger partial charge in [-0.05, 0) is 140 Å². The summed E-state index contributed by atoms with van der Waals surface area (Å²) in [5.41, 5.74) is 15.0. The van der Waals surface area contributed by atoms with Gasteiger partial charge in [-0.25, -0.2) is 0 Å². The lowest BCUT2D eigenvalue weighted by molar-refractivity contribution is 0.303. The second kappa shape index (κ2) is 29.2. The van der Waals surface area contributed by atoms with Crippen LogP contribution in [0.25, 0.3) is 48.6 Å². The maximum absolute atomic E-state index is 6.66. The van der Waals surface area contributed by atoms with Gasteiger partial charge >= 0.3 is 0 Å². The second-order valence-corrected chi connectivity index (χ2v) is 18.7. The molecule has 0 bridgehead atoms. The summed E-state index contributed by atoms with van der Waals surface area (Å²) in [4.78, 5) is 2.53. The molecular weight excluding hydrogens is 831 g/mol. The summed E-state index contributed by atoms with van der Waals surface area (Å²) in [7, 11) is 3.51. The van der Waals surface area contributed by atoms with Crippen molar-refractivity contribution in [3.8, 4) is 17.2 Å². The molecule has 0 fully saturated rings. The van der Waals surface area contributed by atoms with Crippen LogP contribution >= 0.6 is 0 Å². The van der Waals surface area contributed by atoms with E-state index in [1.54, 1.807) is 14.2 Å². The number of unbranched alkanes of at least 4 members (excludes halogenated alkanes) is 11. The molecule has 0 spiro atoms. The molecule has 5 aromatic rings. The number of hydrogen-bond donors (Lipinski definition) is 0. The highest BCUT2D eigenvalue weighted by atomic mass is 16.5. The predicted molar refractivity (Wildman–Crippen MR) is 299 cm³/mol. The first kappa shape index (κ1) is 53.2. The lowest BCUT2D eigenvalue weighted by Crippen LogP contribution is -2.25. The molecule has 0 radical (unpaired) electrons. The van der Waals surface area contributed by atoms with E-state index in [1.165, 1.54) is 123 Å². The number of hydrogen-bond acceptors (Lipinski definition) is 4. The molecule has 68 heavy (non-hydrogen) atoms. The molecular formula is C64H83NO3. The molecule has 0 aliphatic heterocycles. The quantitative estimate of drug-likeness (QED) is 0.0353. The van der Waals surface area contributed by atoms with Crippen LogP contribution in [-0.4, -0.2) is 33.9 Å². The van der Waals surface area contributed by atoms with Crippen LogP contribution in [0.1, 0.15) is 177 Å². The molecule has 0 unspecified atom stereocenters. The van der Waals surface area contributed by atoms with Crippen molar-refractivity contribution in [2.45, 2.75) is 138 Å². The first-order valence-corrected chi connectivity index (χ1v) is 25.9. The Bertz CT molecular complexity index is 2390. The van der Waals surface area contributed by atoms with Gasteiger partial charge in [0.1, 0.15) is 17.2 Å². The largest absolute Gasteiger partial charge is 0.496 e. The SMILES string of the molecule is CCCCCCCCCCCCOc1cc(/C=C/c2cc(C)c(/C=C/c3ccc(C)cc3)cc2OC)c(C)cc1/C=C/c1cc(OC)c(/C=C/c2ccc(N(CCCC)CCCC)cc2)cc1C. The summed E-state index contributed by atoms with van der Waals surface area (Å²) in [6, 6.07) is 30.8. The molecule has 0 heterocycles. The van der Waals surface area contributed by atoms with E-state index in [0.29, 0.717) is 6.61 Å². The first-order valence-electron chi connectivity index (χ1n) is 25.9. The normalized spacial score (nSPS) is 11.8. The van der Waals surface area contributed by atoms with Gasteiger partial charge in [-0.15, -0.1) is 0 Å². The van der Waals surface area contributed by atoms with E-state index in [2.05, 4.69) is 187 Å². The Morgan fingerprint density at radius 1 is 0.382 bits per heavy atom. The standard InChI is InChI=1S/C64H83NO3/c1-10-13-16-17-18-19-20-21-22-23-42-68-64-48-57(34-36-59-44-50(5)55(46-63(59)67-9)32-28-53-26-24-49(4)25-27-53)52(7)45-60(64)37-35-56-47-62(66-8)58(43-51(56)6)33-29-54-30-38-61(39-31-54)65(40-14-11-2)41-15-12-3/h24-39,43-48H,10-23,40-42H2,1-9H3/b32-28+,33-29+,36-34+,37-35+. The Morgan fingerprint density at radius 3 is 1.21 bits per heavy atom. The molecule has 0 saturated carbocycles. The zero-order valence-electron chi connectivity index (χ0n) is 43.4. The van der Waals surface area contributed by atoms with Crippen LogP contribution in [0.15, 0.2) is 84.9 Å². The smallest absolute Gasteiger partial charge is 0.127 e. The third-order valence-electron chi connectivity index (χ3n) is 13.1. The van der Waals surface area contributed by atoms with E-state index in [1.807, 2.05) is 0 Å².